The van der Waals surface area contributed by atoms with Crippen LogP contribution in [0.2, 0.25) is 5.02 Å². The van der Waals surface area contributed by atoms with Crippen molar-refractivity contribution in [3.8, 4) is 0 Å². The first-order valence-corrected chi connectivity index (χ1v) is 10.7. The Morgan fingerprint density at radius 2 is 1.74 bits per heavy atom. The average Bonchev–Trinajstić information content (AvgIpc) is 2.68. The second kappa shape index (κ2) is 8.42. The summed E-state index contributed by atoms with van der Waals surface area (Å²) in [6.07, 6.45) is 2.68. The van der Waals surface area contributed by atoms with E-state index in [1.165, 1.54) is 22.5 Å². The molecule has 7 heteroatoms. The average molecular weight is 408 g/mol. The van der Waals surface area contributed by atoms with Gasteiger partial charge in [-0.05, 0) is 43.5 Å². The van der Waals surface area contributed by atoms with Crippen LogP contribution in [0.3, 0.4) is 0 Å². The molecule has 0 N–H and O–H groups in total. The molecule has 0 spiro atoms. The van der Waals surface area contributed by atoms with Gasteiger partial charge in [-0.3, -0.25) is 0 Å². The Kier molecular flexibility index (Phi) is 6.19. The molecule has 1 saturated heterocycles. The van der Waals surface area contributed by atoms with Crippen molar-refractivity contribution in [1.82, 2.24) is 4.31 Å². The van der Waals surface area contributed by atoms with E-state index in [4.69, 9.17) is 16.3 Å². The molecule has 0 saturated carbocycles. The molecule has 1 aliphatic heterocycles. The van der Waals surface area contributed by atoms with Crippen molar-refractivity contribution in [2.75, 3.05) is 13.1 Å². The fourth-order valence-electron chi connectivity index (χ4n) is 2.99. The van der Waals surface area contributed by atoms with Crippen LogP contribution in [0.15, 0.2) is 47.4 Å². The Morgan fingerprint density at radius 1 is 1.07 bits per heavy atom. The minimum atomic E-state index is -3.73. The first-order valence-electron chi connectivity index (χ1n) is 8.90. The topological polar surface area (TPSA) is 63.7 Å². The third-order valence-corrected chi connectivity index (χ3v) is 6.97. The number of rotatable bonds is 5. The Hall–Kier alpha value is -1.89. The summed E-state index contributed by atoms with van der Waals surface area (Å²) in [7, 11) is -3.73. The van der Waals surface area contributed by atoms with Crippen LogP contribution in [0.1, 0.15) is 40.7 Å². The first kappa shape index (κ1) is 19.9. The molecule has 1 heterocycles. The van der Waals surface area contributed by atoms with E-state index in [0.717, 1.165) is 30.4 Å². The molecule has 0 aromatic heterocycles. The molecule has 0 amide bonds. The van der Waals surface area contributed by atoms with Crippen LogP contribution >= 0.6 is 11.6 Å². The third-order valence-electron chi connectivity index (χ3n) is 4.59. The maximum atomic E-state index is 12.9. The Balaban J connectivity index is 1.77. The van der Waals surface area contributed by atoms with Gasteiger partial charge in [-0.1, -0.05) is 47.9 Å². The van der Waals surface area contributed by atoms with Gasteiger partial charge in [-0.25, -0.2) is 13.2 Å². The van der Waals surface area contributed by atoms with Crippen molar-refractivity contribution < 1.29 is 17.9 Å². The van der Waals surface area contributed by atoms with Crippen molar-refractivity contribution in [3.63, 3.8) is 0 Å². The predicted octanol–water partition coefficient (Wildman–Crippen LogP) is 4.18. The van der Waals surface area contributed by atoms with Crippen LogP contribution in [-0.2, 0) is 21.4 Å². The van der Waals surface area contributed by atoms with Crippen molar-refractivity contribution in [3.05, 3.63) is 64.2 Å². The van der Waals surface area contributed by atoms with Crippen molar-refractivity contribution in [2.45, 2.75) is 37.7 Å². The summed E-state index contributed by atoms with van der Waals surface area (Å²) in [6, 6.07) is 11.9. The number of esters is 1. The van der Waals surface area contributed by atoms with E-state index in [1.54, 1.807) is 0 Å². The van der Waals surface area contributed by atoms with E-state index in [0.29, 0.717) is 13.1 Å². The molecule has 0 unspecified atom stereocenters. The molecule has 0 radical (unpaired) electrons. The van der Waals surface area contributed by atoms with Gasteiger partial charge in [0.15, 0.2) is 0 Å². The number of hydrogen-bond acceptors (Lipinski definition) is 4. The highest BCUT2D eigenvalue weighted by Gasteiger charge is 2.29. The zero-order valence-corrected chi connectivity index (χ0v) is 16.7. The van der Waals surface area contributed by atoms with Gasteiger partial charge >= 0.3 is 5.97 Å². The largest absolute Gasteiger partial charge is 0.457 e. The lowest BCUT2D eigenvalue weighted by Crippen LogP contribution is -2.35. The van der Waals surface area contributed by atoms with Gasteiger partial charge in [0.25, 0.3) is 0 Å². The van der Waals surface area contributed by atoms with Crippen LogP contribution in [0.5, 0.6) is 0 Å². The molecule has 144 valence electrons. The molecule has 0 aliphatic carbocycles. The molecule has 1 aliphatic rings. The van der Waals surface area contributed by atoms with Gasteiger partial charge in [0.1, 0.15) is 11.5 Å². The summed E-state index contributed by atoms with van der Waals surface area (Å²) in [5.41, 5.74) is 2.15. The van der Waals surface area contributed by atoms with Crippen molar-refractivity contribution in [1.29, 1.82) is 0 Å². The third kappa shape index (κ3) is 4.69. The van der Waals surface area contributed by atoms with Crippen LogP contribution in [0, 0.1) is 6.92 Å². The standard InChI is InChI=1S/C20H22ClNO4S/c1-15-5-7-16(8-6-15)14-26-20(23)17-9-10-18(21)19(13-17)27(24,25)22-11-3-2-4-12-22/h5-10,13H,2-4,11-12,14H2,1H3. The van der Waals surface area contributed by atoms with Crippen LogP contribution in [-0.4, -0.2) is 31.8 Å². The van der Waals surface area contributed by atoms with E-state index < -0.39 is 16.0 Å². The van der Waals surface area contributed by atoms with E-state index in [-0.39, 0.29) is 22.1 Å². The highest BCUT2D eigenvalue weighted by molar-refractivity contribution is 7.89. The van der Waals surface area contributed by atoms with Crippen LogP contribution < -0.4 is 0 Å². The summed E-state index contributed by atoms with van der Waals surface area (Å²) in [5.74, 6) is -0.581. The molecule has 2 aromatic rings. The SMILES string of the molecule is Cc1ccc(COC(=O)c2ccc(Cl)c(S(=O)(=O)N3CCCCC3)c2)cc1. The predicted molar refractivity (Wildman–Crippen MR) is 104 cm³/mol. The van der Waals surface area contributed by atoms with Gasteiger partial charge in [0.05, 0.1) is 10.6 Å². The van der Waals surface area contributed by atoms with E-state index >= 15 is 0 Å². The number of hydrogen-bond donors (Lipinski definition) is 0. The van der Waals surface area contributed by atoms with Crippen LogP contribution in [0.25, 0.3) is 0 Å². The molecule has 3 rings (SSSR count). The molecule has 27 heavy (non-hydrogen) atoms. The Labute approximate surface area is 165 Å². The van der Waals surface area contributed by atoms with Crippen molar-refractivity contribution >= 4 is 27.6 Å². The van der Waals surface area contributed by atoms with Gasteiger partial charge < -0.3 is 4.74 Å². The van der Waals surface area contributed by atoms with Gasteiger partial charge in [-0.15, -0.1) is 0 Å². The lowest BCUT2D eigenvalue weighted by molar-refractivity contribution is 0.0472. The van der Waals surface area contributed by atoms with Gasteiger partial charge in [0.2, 0.25) is 10.0 Å². The van der Waals surface area contributed by atoms with E-state index in [2.05, 4.69) is 0 Å². The molecule has 0 bridgehead atoms. The second-order valence-electron chi connectivity index (χ2n) is 6.67. The molecule has 1 fully saturated rings. The summed E-state index contributed by atoms with van der Waals surface area (Å²) in [6.45, 7) is 3.05. The van der Waals surface area contributed by atoms with Crippen LogP contribution in [0.4, 0.5) is 0 Å². The van der Waals surface area contributed by atoms with Gasteiger partial charge in [-0.2, -0.15) is 4.31 Å². The molecule has 2 aromatic carbocycles. The summed E-state index contributed by atoms with van der Waals surface area (Å²) in [5, 5.41) is 0.107. The zero-order chi connectivity index (χ0) is 19.4. The highest BCUT2D eigenvalue weighted by atomic mass is 35.5. The number of piperidine rings is 1. The summed E-state index contributed by atoms with van der Waals surface area (Å²) >= 11 is 6.13. The Bertz CT molecular complexity index is 919. The van der Waals surface area contributed by atoms with E-state index in [1.807, 2.05) is 31.2 Å². The smallest absolute Gasteiger partial charge is 0.338 e. The monoisotopic (exact) mass is 407 g/mol. The number of nitrogens with zero attached hydrogens (tertiary/aromatic N) is 1. The maximum absolute atomic E-state index is 12.9. The number of ether oxygens (including phenoxy) is 1. The number of carbonyl (C=O) groups is 1. The number of benzene rings is 2. The molecular formula is C20H22ClNO4S. The summed E-state index contributed by atoms with van der Waals surface area (Å²) < 4.78 is 32.5. The minimum absolute atomic E-state index is 0.0455. The lowest BCUT2D eigenvalue weighted by atomic mass is 10.2. The van der Waals surface area contributed by atoms with Gasteiger partial charge in [0, 0.05) is 13.1 Å². The lowest BCUT2D eigenvalue weighted by Gasteiger charge is -2.26. The number of carbonyl (C=O) groups excluding carboxylic acids is 1. The Morgan fingerprint density at radius 3 is 2.41 bits per heavy atom. The molecule has 0 atom stereocenters. The fourth-order valence-corrected chi connectivity index (χ4v) is 5.01. The van der Waals surface area contributed by atoms with E-state index in [9.17, 15) is 13.2 Å². The number of sulfonamides is 1. The molecular weight excluding hydrogens is 386 g/mol. The number of halogens is 1. The zero-order valence-electron chi connectivity index (χ0n) is 15.2. The first-order chi connectivity index (χ1) is 12.9. The minimum Gasteiger partial charge on any atom is -0.457 e. The molecule has 5 nitrogen and oxygen atoms in total. The number of aryl methyl sites for hydroxylation is 1. The van der Waals surface area contributed by atoms with Crippen molar-refractivity contribution in [2.24, 2.45) is 0 Å². The highest BCUT2D eigenvalue weighted by Crippen LogP contribution is 2.28. The fraction of sp³-hybridized carbons (Fsp3) is 0.350. The maximum Gasteiger partial charge on any atom is 0.338 e. The normalized spacial score (nSPS) is 15.5. The second-order valence-corrected chi connectivity index (χ2v) is 8.99. The quantitative estimate of drug-likeness (QED) is 0.697. The summed E-state index contributed by atoms with van der Waals surface area (Å²) in [4.78, 5) is 12.3.